The Morgan fingerprint density at radius 3 is 1.05 bits per heavy atom. The summed E-state index contributed by atoms with van der Waals surface area (Å²) < 4.78 is 0. The van der Waals surface area contributed by atoms with Gasteiger partial charge in [-0.3, -0.25) is 0 Å². The maximum absolute atomic E-state index is 3.88. The first kappa shape index (κ1) is 25.4. The molecule has 0 spiro atoms. The summed E-state index contributed by atoms with van der Waals surface area (Å²) >= 11 is 0. The van der Waals surface area contributed by atoms with Gasteiger partial charge in [0.1, 0.15) is 0 Å². The second-order valence-electron chi connectivity index (χ2n) is 5.45. The molecule has 0 bridgehead atoms. The van der Waals surface area contributed by atoms with Gasteiger partial charge in [0, 0.05) is 0 Å². The van der Waals surface area contributed by atoms with Gasteiger partial charge < -0.3 is 30.9 Å². The summed E-state index contributed by atoms with van der Waals surface area (Å²) in [5, 5.41) is 0. The molecule has 2 heteroatoms. The Labute approximate surface area is 156 Å². The topological polar surface area (TPSA) is 0 Å². The van der Waals surface area contributed by atoms with Crippen LogP contribution < -0.4 is 24.0 Å². The Hall–Kier alpha value is 1.50. The van der Waals surface area contributed by atoms with Gasteiger partial charge in [0.2, 0.25) is 0 Å². The van der Waals surface area contributed by atoms with Crippen molar-refractivity contribution < 1.29 is 24.0 Å². The summed E-state index contributed by atoms with van der Waals surface area (Å²) in [5.74, 6) is 0. The maximum Gasteiger partial charge on any atom is 2.00 e. The second kappa shape index (κ2) is 24.5. The first-order valence-electron chi connectivity index (χ1n) is 8.21. The summed E-state index contributed by atoms with van der Waals surface area (Å²) in [7, 11) is 0. The zero-order valence-corrected chi connectivity index (χ0v) is 17.0. The Bertz CT molecular complexity index is 114. The quantitative estimate of drug-likeness (QED) is 0.185. The van der Waals surface area contributed by atoms with Crippen LogP contribution in [-0.2, 0) is 0 Å². The first-order chi connectivity index (χ1) is 8.41. The van der Waals surface area contributed by atoms with Gasteiger partial charge in [-0.2, -0.15) is 6.42 Å². The standard InChI is InChI=1S/C17H35.HI.Mg/c1-3-5-7-9-11-13-15-17-16-14-12-10-8-6-4-2;;/h1,3-17H2,2H3;1H;/q-1;;+2/p-1. The summed E-state index contributed by atoms with van der Waals surface area (Å²) in [5.41, 5.74) is 0. The molecule has 19 heavy (non-hydrogen) atoms. The molecule has 0 aliphatic heterocycles. The molecule has 0 fully saturated rings. The Morgan fingerprint density at radius 2 is 0.789 bits per heavy atom. The Morgan fingerprint density at radius 1 is 0.526 bits per heavy atom. The van der Waals surface area contributed by atoms with Gasteiger partial charge in [-0.1, -0.05) is 96.8 Å². The summed E-state index contributed by atoms with van der Waals surface area (Å²) in [6.07, 6.45) is 21.3. The largest absolute Gasteiger partial charge is 2.00 e. The van der Waals surface area contributed by atoms with Gasteiger partial charge in [0.25, 0.3) is 0 Å². The van der Waals surface area contributed by atoms with Crippen LogP contribution in [0.25, 0.3) is 0 Å². The molecule has 0 N–H and O–H groups in total. The van der Waals surface area contributed by atoms with E-state index >= 15 is 0 Å². The summed E-state index contributed by atoms with van der Waals surface area (Å²) in [6, 6.07) is 0. The molecule has 0 aliphatic carbocycles. The number of unbranched alkanes of at least 4 members (excludes halogenated alkanes) is 14. The minimum Gasteiger partial charge on any atom is -1.00 e. The number of hydrogen-bond acceptors (Lipinski definition) is 0. The molecule has 112 valence electrons. The van der Waals surface area contributed by atoms with Crippen LogP contribution in [0.4, 0.5) is 0 Å². The van der Waals surface area contributed by atoms with E-state index in [1.54, 1.807) is 0 Å². The zero-order valence-electron chi connectivity index (χ0n) is 13.4. The number of rotatable bonds is 14. The minimum atomic E-state index is 0. The first-order valence-corrected chi connectivity index (χ1v) is 8.21. The summed E-state index contributed by atoms with van der Waals surface area (Å²) in [4.78, 5) is 0. The van der Waals surface area contributed by atoms with E-state index in [2.05, 4.69) is 13.8 Å². The van der Waals surface area contributed by atoms with Crippen LogP contribution in [0.5, 0.6) is 0 Å². The molecule has 0 nitrogen and oxygen atoms in total. The van der Waals surface area contributed by atoms with Crippen LogP contribution in [-0.4, -0.2) is 23.1 Å². The molecule has 0 aromatic carbocycles. The molecule has 0 aromatic heterocycles. The van der Waals surface area contributed by atoms with Crippen LogP contribution in [0.3, 0.4) is 0 Å². The van der Waals surface area contributed by atoms with Gasteiger partial charge in [-0.05, 0) is 0 Å². The van der Waals surface area contributed by atoms with E-state index < -0.39 is 0 Å². The van der Waals surface area contributed by atoms with Crippen molar-refractivity contribution >= 4 is 23.1 Å². The van der Waals surface area contributed by atoms with E-state index in [-0.39, 0.29) is 47.0 Å². The SMILES string of the molecule is [CH2-]CCCCCCCCCCCCCCCC.[I-].[Mg+2]. The van der Waals surface area contributed by atoms with E-state index in [1.165, 1.54) is 89.9 Å². The van der Waals surface area contributed by atoms with Gasteiger partial charge in [0.15, 0.2) is 0 Å². The third-order valence-corrected chi connectivity index (χ3v) is 3.60. The minimum absolute atomic E-state index is 0. The predicted molar refractivity (Wildman–Crippen MR) is 86.0 cm³/mol. The monoisotopic (exact) mass is 390 g/mol. The van der Waals surface area contributed by atoms with E-state index in [4.69, 9.17) is 0 Å². The van der Waals surface area contributed by atoms with Gasteiger partial charge in [0.05, 0.1) is 0 Å². The summed E-state index contributed by atoms with van der Waals surface area (Å²) in [6.45, 7) is 6.17. The molecule has 0 aliphatic rings. The molecule has 0 rings (SSSR count). The van der Waals surface area contributed by atoms with Crippen molar-refractivity contribution in [2.24, 2.45) is 0 Å². The van der Waals surface area contributed by atoms with Crippen molar-refractivity contribution in [3.63, 3.8) is 0 Å². The third-order valence-electron chi connectivity index (χ3n) is 3.60. The molecule has 0 amide bonds. The fourth-order valence-electron chi connectivity index (χ4n) is 2.37. The zero-order chi connectivity index (χ0) is 12.6. The van der Waals surface area contributed by atoms with Crippen molar-refractivity contribution in [2.75, 3.05) is 0 Å². The van der Waals surface area contributed by atoms with Crippen molar-refractivity contribution in [3.8, 4) is 0 Å². The Kier molecular flexibility index (Phi) is 32.8. The number of halogens is 1. The van der Waals surface area contributed by atoms with Crippen LogP contribution in [0.15, 0.2) is 0 Å². The number of hydrogen-bond donors (Lipinski definition) is 0. The molecule has 0 radical (unpaired) electrons. The molecule has 0 heterocycles. The normalized spacial score (nSPS) is 9.79. The van der Waals surface area contributed by atoms with Crippen molar-refractivity contribution in [3.05, 3.63) is 6.92 Å². The fraction of sp³-hybridized carbons (Fsp3) is 0.941. The molecular formula is C17H35IMg. The van der Waals surface area contributed by atoms with Gasteiger partial charge in [-0.15, -0.1) is 0 Å². The van der Waals surface area contributed by atoms with Crippen LogP contribution in [0.1, 0.15) is 103 Å². The van der Waals surface area contributed by atoms with E-state index in [9.17, 15) is 0 Å². The molecule has 0 aromatic rings. The second-order valence-corrected chi connectivity index (χ2v) is 5.45. The van der Waals surface area contributed by atoms with E-state index in [0.717, 1.165) is 6.42 Å². The smallest absolute Gasteiger partial charge is 1.00 e. The molecular weight excluding hydrogens is 355 g/mol. The predicted octanol–water partition coefficient (Wildman–Crippen LogP) is 3.32. The van der Waals surface area contributed by atoms with Crippen molar-refractivity contribution in [1.82, 2.24) is 0 Å². The molecule has 0 saturated heterocycles. The Balaban J connectivity index is -0.00000128. The molecule has 0 atom stereocenters. The third kappa shape index (κ3) is 24.9. The average Bonchev–Trinajstić information content (AvgIpc) is 2.35. The van der Waals surface area contributed by atoms with Crippen LogP contribution in [0.2, 0.25) is 0 Å². The van der Waals surface area contributed by atoms with Gasteiger partial charge >= 0.3 is 23.1 Å². The fourth-order valence-corrected chi connectivity index (χ4v) is 2.37. The molecule has 0 saturated carbocycles. The van der Waals surface area contributed by atoms with E-state index in [1.807, 2.05) is 0 Å². The van der Waals surface area contributed by atoms with Crippen LogP contribution in [0, 0.1) is 6.92 Å². The van der Waals surface area contributed by atoms with Gasteiger partial charge in [-0.25, -0.2) is 0 Å². The maximum atomic E-state index is 3.88. The van der Waals surface area contributed by atoms with E-state index in [0.29, 0.717) is 0 Å². The van der Waals surface area contributed by atoms with Crippen LogP contribution >= 0.6 is 0 Å². The molecule has 0 unspecified atom stereocenters. The van der Waals surface area contributed by atoms with Crippen molar-refractivity contribution in [1.29, 1.82) is 0 Å². The average molecular weight is 391 g/mol. The van der Waals surface area contributed by atoms with Crippen molar-refractivity contribution in [2.45, 2.75) is 103 Å².